The van der Waals surface area contributed by atoms with Crippen LogP contribution in [-0.4, -0.2) is 64.3 Å². The van der Waals surface area contributed by atoms with Gasteiger partial charge < -0.3 is 10.0 Å². The van der Waals surface area contributed by atoms with Crippen LogP contribution in [0.4, 0.5) is 19.1 Å². The highest BCUT2D eigenvalue weighted by Crippen LogP contribution is 2.28. The van der Waals surface area contributed by atoms with Gasteiger partial charge in [0.1, 0.15) is 6.04 Å². The Morgan fingerprint density at radius 3 is 2.29 bits per heavy atom. The molecule has 1 aromatic heterocycles. The van der Waals surface area contributed by atoms with Gasteiger partial charge in [0.15, 0.2) is 0 Å². The minimum atomic E-state index is -4.55. The zero-order valence-electron chi connectivity index (χ0n) is 11.1. The lowest BCUT2D eigenvalue weighted by atomic mass is 10.1. The van der Waals surface area contributed by atoms with E-state index in [4.69, 9.17) is 5.11 Å². The van der Waals surface area contributed by atoms with Gasteiger partial charge in [-0.05, 0) is 6.07 Å². The Bertz CT molecular complexity index is 475. The molecule has 0 radical (unpaired) electrons. The van der Waals surface area contributed by atoms with Crippen LogP contribution in [0.15, 0.2) is 18.5 Å². The van der Waals surface area contributed by atoms with E-state index in [2.05, 4.69) is 9.97 Å². The van der Waals surface area contributed by atoms with Gasteiger partial charge >= 0.3 is 12.1 Å². The van der Waals surface area contributed by atoms with Crippen LogP contribution >= 0.6 is 0 Å². The molecule has 0 amide bonds. The summed E-state index contributed by atoms with van der Waals surface area (Å²) in [6.45, 7) is 0.901. The van der Waals surface area contributed by atoms with Crippen molar-refractivity contribution < 1.29 is 23.1 Å². The molecule has 1 aliphatic heterocycles. The maximum Gasteiger partial charge on any atom is 0.404 e. The molecule has 1 fully saturated rings. The fraction of sp³-hybridized carbons (Fsp3) is 0.583. The summed E-state index contributed by atoms with van der Waals surface area (Å²) in [5, 5.41) is 8.65. The van der Waals surface area contributed by atoms with Gasteiger partial charge in [0.05, 0.1) is 6.42 Å². The van der Waals surface area contributed by atoms with Crippen LogP contribution in [0, 0.1) is 0 Å². The van der Waals surface area contributed by atoms with E-state index in [0.29, 0.717) is 19.0 Å². The van der Waals surface area contributed by atoms with E-state index < -0.39 is 24.6 Å². The SMILES string of the molecule is O=C(O)CC(N1CCN(c2ncccn2)CC1)C(F)(F)F. The highest BCUT2D eigenvalue weighted by molar-refractivity contribution is 5.67. The van der Waals surface area contributed by atoms with E-state index in [9.17, 15) is 18.0 Å². The van der Waals surface area contributed by atoms with Crippen molar-refractivity contribution in [2.24, 2.45) is 0 Å². The van der Waals surface area contributed by atoms with Gasteiger partial charge in [-0.2, -0.15) is 13.2 Å². The molecule has 0 spiro atoms. The number of aliphatic carboxylic acids is 1. The minimum absolute atomic E-state index is 0.121. The Hall–Kier alpha value is -1.90. The number of piperazine rings is 1. The standard InChI is InChI=1S/C12H15F3N4O2/c13-12(14,15)9(8-10(20)21)18-4-6-19(7-5-18)11-16-2-1-3-17-11/h1-3,9H,4-8H2,(H,20,21). The first kappa shape index (κ1) is 15.5. The number of rotatable bonds is 4. The number of aromatic nitrogens is 2. The van der Waals surface area contributed by atoms with Crippen molar-refractivity contribution in [2.45, 2.75) is 18.6 Å². The summed E-state index contributed by atoms with van der Waals surface area (Å²) in [6, 6.07) is -0.291. The third kappa shape index (κ3) is 4.03. The van der Waals surface area contributed by atoms with E-state index >= 15 is 0 Å². The zero-order valence-corrected chi connectivity index (χ0v) is 11.1. The fourth-order valence-corrected chi connectivity index (χ4v) is 2.31. The van der Waals surface area contributed by atoms with Gasteiger partial charge in [-0.1, -0.05) is 0 Å². The van der Waals surface area contributed by atoms with Gasteiger partial charge in [-0.15, -0.1) is 0 Å². The van der Waals surface area contributed by atoms with Crippen LogP contribution in [0.5, 0.6) is 0 Å². The van der Waals surface area contributed by atoms with E-state index in [1.807, 2.05) is 0 Å². The zero-order chi connectivity index (χ0) is 15.5. The van der Waals surface area contributed by atoms with E-state index in [1.165, 1.54) is 0 Å². The lowest BCUT2D eigenvalue weighted by molar-refractivity contribution is -0.191. The third-order valence-corrected chi connectivity index (χ3v) is 3.34. The molecule has 1 aliphatic rings. The first-order chi connectivity index (χ1) is 9.88. The van der Waals surface area contributed by atoms with Crippen LogP contribution in [0.3, 0.4) is 0 Å². The van der Waals surface area contributed by atoms with Crippen LogP contribution in [-0.2, 0) is 4.79 Å². The minimum Gasteiger partial charge on any atom is -0.481 e. The molecule has 1 N–H and O–H groups in total. The summed E-state index contributed by atoms with van der Waals surface area (Å²) >= 11 is 0. The second kappa shape index (κ2) is 6.25. The second-order valence-corrected chi connectivity index (χ2v) is 4.73. The van der Waals surface area contributed by atoms with Gasteiger partial charge in [-0.25, -0.2) is 9.97 Å². The van der Waals surface area contributed by atoms with Crippen LogP contribution < -0.4 is 4.90 Å². The molecule has 2 rings (SSSR count). The molecule has 2 heterocycles. The molecule has 0 aromatic carbocycles. The van der Waals surface area contributed by atoms with Crippen molar-refractivity contribution in [3.8, 4) is 0 Å². The van der Waals surface area contributed by atoms with Gasteiger partial charge in [0.2, 0.25) is 5.95 Å². The second-order valence-electron chi connectivity index (χ2n) is 4.73. The molecule has 6 nitrogen and oxygen atoms in total. The molecule has 0 saturated carbocycles. The van der Waals surface area contributed by atoms with E-state index in [0.717, 1.165) is 4.90 Å². The van der Waals surface area contributed by atoms with Crippen molar-refractivity contribution >= 4 is 11.9 Å². The maximum absolute atomic E-state index is 12.9. The first-order valence-electron chi connectivity index (χ1n) is 6.42. The smallest absolute Gasteiger partial charge is 0.404 e. The lowest BCUT2D eigenvalue weighted by Gasteiger charge is -2.39. The Kier molecular flexibility index (Phi) is 4.61. The number of hydrogen-bond acceptors (Lipinski definition) is 5. The molecule has 1 aromatic rings. The molecule has 0 bridgehead atoms. The summed E-state index contributed by atoms with van der Waals surface area (Å²) in [6.07, 6.45) is -2.36. The largest absolute Gasteiger partial charge is 0.481 e. The van der Waals surface area contributed by atoms with Crippen molar-refractivity contribution in [1.29, 1.82) is 0 Å². The highest BCUT2D eigenvalue weighted by Gasteiger charge is 2.45. The quantitative estimate of drug-likeness (QED) is 0.895. The van der Waals surface area contributed by atoms with Gasteiger partial charge in [-0.3, -0.25) is 9.69 Å². The number of carboxylic acid groups (broad SMARTS) is 1. The number of halogens is 3. The fourth-order valence-electron chi connectivity index (χ4n) is 2.31. The maximum atomic E-state index is 12.9. The number of carboxylic acids is 1. The predicted octanol–water partition coefficient (Wildman–Crippen LogP) is 1.00. The summed E-state index contributed by atoms with van der Waals surface area (Å²) in [5.41, 5.74) is 0. The predicted molar refractivity (Wildman–Crippen MR) is 67.9 cm³/mol. The molecule has 1 saturated heterocycles. The lowest BCUT2D eigenvalue weighted by Crippen LogP contribution is -2.55. The van der Waals surface area contributed by atoms with Crippen molar-refractivity contribution in [1.82, 2.24) is 14.9 Å². The average Bonchev–Trinajstić information content (AvgIpc) is 2.45. The summed E-state index contributed by atoms with van der Waals surface area (Å²) < 4.78 is 38.8. The number of nitrogens with zero attached hydrogens (tertiary/aromatic N) is 4. The molecule has 0 aliphatic carbocycles. The third-order valence-electron chi connectivity index (χ3n) is 3.34. The number of alkyl halides is 3. The Morgan fingerprint density at radius 2 is 1.81 bits per heavy atom. The van der Waals surface area contributed by atoms with Crippen LogP contribution in [0.25, 0.3) is 0 Å². The summed E-state index contributed by atoms with van der Waals surface area (Å²) in [5.74, 6) is -0.981. The summed E-state index contributed by atoms with van der Waals surface area (Å²) in [4.78, 5) is 21.7. The van der Waals surface area contributed by atoms with E-state index in [-0.39, 0.29) is 13.1 Å². The van der Waals surface area contributed by atoms with Crippen LogP contribution in [0.1, 0.15) is 6.42 Å². The van der Waals surface area contributed by atoms with E-state index in [1.54, 1.807) is 23.4 Å². The molecule has 1 unspecified atom stereocenters. The van der Waals surface area contributed by atoms with Crippen LogP contribution in [0.2, 0.25) is 0 Å². The Morgan fingerprint density at radius 1 is 1.24 bits per heavy atom. The monoisotopic (exact) mass is 304 g/mol. The summed E-state index contributed by atoms with van der Waals surface area (Å²) in [7, 11) is 0. The van der Waals surface area contributed by atoms with Gasteiger partial charge in [0.25, 0.3) is 0 Å². The highest BCUT2D eigenvalue weighted by atomic mass is 19.4. The van der Waals surface area contributed by atoms with Gasteiger partial charge in [0, 0.05) is 38.6 Å². The van der Waals surface area contributed by atoms with Crippen molar-refractivity contribution in [3.63, 3.8) is 0 Å². The Labute approximate surface area is 119 Å². The Balaban J connectivity index is 2.00. The molecule has 9 heteroatoms. The van der Waals surface area contributed by atoms with Crippen molar-refractivity contribution in [3.05, 3.63) is 18.5 Å². The first-order valence-corrected chi connectivity index (χ1v) is 6.42. The number of anilines is 1. The molecular formula is C12H15F3N4O2. The molecular weight excluding hydrogens is 289 g/mol. The molecule has 116 valence electrons. The number of hydrogen-bond donors (Lipinski definition) is 1. The van der Waals surface area contributed by atoms with Crippen molar-refractivity contribution in [2.75, 3.05) is 31.1 Å². The normalized spacial score (nSPS) is 18.5. The topological polar surface area (TPSA) is 69.6 Å². The number of carbonyl (C=O) groups is 1. The average molecular weight is 304 g/mol. The molecule has 1 atom stereocenters. The molecule has 21 heavy (non-hydrogen) atoms.